The molecule has 0 radical (unpaired) electrons. The molecule has 1 amide bonds. The summed E-state index contributed by atoms with van der Waals surface area (Å²) < 4.78 is 33.7. The number of sulfonamides is 1. The number of hydrogen-bond donors (Lipinski definition) is 1. The Labute approximate surface area is 219 Å². The van der Waals surface area contributed by atoms with Gasteiger partial charge in [0, 0.05) is 50.5 Å². The molecule has 0 aromatic heterocycles. The Hall–Kier alpha value is -2.81. The number of amides is 1. The molecule has 9 nitrogen and oxygen atoms in total. The average Bonchev–Trinajstić information content (AvgIpc) is 2.86. The lowest BCUT2D eigenvalue weighted by atomic mass is 10.1. The second kappa shape index (κ2) is 11.7. The molecule has 4 rings (SSSR count). The largest absolute Gasteiger partial charge is 0.379 e. The summed E-state index contributed by atoms with van der Waals surface area (Å²) in [7, 11) is -3.77. The van der Waals surface area contributed by atoms with Crippen molar-refractivity contribution in [1.82, 2.24) is 14.1 Å². The number of anilines is 1. The molecule has 2 aliphatic heterocycles. The van der Waals surface area contributed by atoms with Gasteiger partial charge in [-0.2, -0.15) is 4.31 Å². The summed E-state index contributed by atoms with van der Waals surface area (Å²) in [5, 5.41) is 3.06. The van der Waals surface area contributed by atoms with Crippen LogP contribution in [0.15, 0.2) is 47.4 Å². The fourth-order valence-electron chi connectivity index (χ4n) is 5.24. The Morgan fingerprint density at radius 1 is 1.08 bits per heavy atom. The molecule has 2 saturated heterocycles. The van der Waals surface area contributed by atoms with Gasteiger partial charge in [0.1, 0.15) is 0 Å². The molecule has 2 aliphatic rings. The number of rotatable bonds is 7. The van der Waals surface area contributed by atoms with Crippen molar-refractivity contribution >= 4 is 27.3 Å². The standard InChI is InChI=1S/C27H35N5O4S/c1-20-16-31(17-21(2)32(20)37(34,35)25-9-6-8-24(15-25)28-4)19-27(33)29-26-10-5-7-23(22(26)3)18-30-11-13-36-14-12-30/h5-10,15,20-21H,11-14,16-19H2,1-3H3,(H,29,33)/t20-,21+. The molecule has 2 aromatic rings. The third-order valence-electron chi connectivity index (χ3n) is 7.02. The van der Waals surface area contributed by atoms with E-state index < -0.39 is 10.0 Å². The van der Waals surface area contributed by atoms with Crippen LogP contribution >= 0.6 is 0 Å². The van der Waals surface area contributed by atoms with Crippen LogP contribution in [0.1, 0.15) is 25.0 Å². The Bertz CT molecular complexity index is 1260. The van der Waals surface area contributed by atoms with Crippen LogP contribution in [0.2, 0.25) is 0 Å². The van der Waals surface area contributed by atoms with Gasteiger partial charge in [0.25, 0.3) is 0 Å². The van der Waals surface area contributed by atoms with Gasteiger partial charge in [-0.25, -0.2) is 13.3 Å². The molecular weight excluding hydrogens is 490 g/mol. The maximum Gasteiger partial charge on any atom is 0.242 e. The zero-order chi connectivity index (χ0) is 26.6. The number of hydrogen-bond acceptors (Lipinski definition) is 6. The van der Waals surface area contributed by atoms with Crippen molar-refractivity contribution in [1.29, 1.82) is 0 Å². The zero-order valence-electron chi connectivity index (χ0n) is 21.7. The highest BCUT2D eigenvalue weighted by atomic mass is 32.2. The number of ether oxygens (including phenoxy) is 1. The van der Waals surface area contributed by atoms with Crippen molar-refractivity contribution in [3.63, 3.8) is 0 Å². The first-order valence-corrected chi connectivity index (χ1v) is 14.0. The van der Waals surface area contributed by atoms with Gasteiger partial charge in [-0.3, -0.25) is 14.6 Å². The van der Waals surface area contributed by atoms with Crippen molar-refractivity contribution in [2.45, 2.75) is 44.3 Å². The van der Waals surface area contributed by atoms with Crippen LogP contribution in [0.4, 0.5) is 11.4 Å². The van der Waals surface area contributed by atoms with E-state index in [9.17, 15) is 13.2 Å². The van der Waals surface area contributed by atoms with Gasteiger partial charge in [-0.05, 0) is 50.1 Å². The van der Waals surface area contributed by atoms with E-state index in [0.717, 1.165) is 44.1 Å². The monoisotopic (exact) mass is 525 g/mol. The maximum atomic E-state index is 13.4. The zero-order valence-corrected chi connectivity index (χ0v) is 22.5. The lowest BCUT2D eigenvalue weighted by Gasteiger charge is -2.43. The summed E-state index contributed by atoms with van der Waals surface area (Å²) in [6.45, 7) is 18.1. The highest BCUT2D eigenvalue weighted by Gasteiger charge is 2.38. The molecule has 37 heavy (non-hydrogen) atoms. The van der Waals surface area contributed by atoms with Gasteiger partial charge in [0.15, 0.2) is 5.69 Å². The average molecular weight is 526 g/mol. The summed E-state index contributed by atoms with van der Waals surface area (Å²) in [6, 6.07) is 11.5. The Morgan fingerprint density at radius 3 is 2.43 bits per heavy atom. The Balaban J connectivity index is 1.38. The number of piperazine rings is 1. The molecule has 0 unspecified atom stereocenters. The van der Waals surface area contributed by atoms with Crippen LogP contribution in [-0.4, -0.2) is 86.5 Å². The van der Waals surface area contributed by atoms with Crippen LogP contribution in [-0.2, 0) is 26.1 Å². The van der Waals surface area contributed by atoms with Crippen molar-refractivity contribution in [3.05, 3.63) is 65.0 Å². The van der Waals surface area contributed by atoms with Gasteiger partial charge >= 0.3 is 0 Å². The first kappa shape index (κ1) is 27.2. The number of morpholine rings is 1. The minimum atomic E-state index is -3.77. The second-order valence-corrected chi connectivity index (χ2v) is 11.7. The third-order valence-corrected chi connectivity index (χ3v) is 9.15. The number of benzene rings is 2. The molecule has 2 aromatic carbocycles. The van der Waals surface area contributed by atoms with E-state index in [2.05, 4.69) is 21.1 Å². The molecule has 0 aliphatic carbocycles. The fraction of sp³-hybridized carbons (Fsp3) is 0.481. The van der Waals surface area contributed by atoms with Crippen molar-refractivity contribution in [2.75, 3.05) is 51.3 Å². The van der Waals surface area contributed by atoms with Gasteiger partial charge in [0.05, 0.1) is 31.2 Å². The van der Waals surface area contributed by atoms with Gasteiger partial charge < -0.3 is 10.1 Å². The summed E-state index contributed by atoms with van der Waals surface area (Å²) >= 11 is 0. The lowest BCUT2D eigenvalue weighted by Crippen LogP contribution is -2.59. The quantitative estimate of drug-likeness (QED) is 0.559. The van der Waals surface area contributed by atoms with Crippen LogP contribution in [0.5, 0.6) is 0 Å². The van der Waals surface area contributed by atoms with E-state index in [-0.39, 0.29) is 29.4 Å². The van der Waals surface area contributed by atoms with Crippen LogP contribution in [0, 0.1) is 13.5 Å². The Morgan fingerprint density at radius 2 is 1.76 bits per heavy atom. The van der Waals surface area contributed by atoms with E-state index in [4.69, 9.17) is 11.3 Å². The SMILES string of the molecule is [C-]#[N+]c1cccc(S(=O)(=O)N2[C@H](C)CN(CC(=O)Nc3cccc(CN4CCOCC4)c3C)C[C@@H]2C)c1. The molecule has 0 saturated carbocycles. The van der Waals surface area contributed by atoms with E-state index in [1.54, 1.807) is 12.1 Å². The van der Waals surface area contributed by atoms with E-state index in [0.29, 0.717) is 18.8 Å². The summed E-state index contributed by atoms with van der Waals surface area (Å²) in [6.07, 6.45) is 0. The van der Waals surface area contributed by atoms with Crippen molar-refractivity contribution < 1.29 is 17.9 Å². The number of nitrogens with zero attached hydrogens (tertiary/aromatic N) is 4. The minimum Gasteiger partial charge on any atom is -0.379 e. The van der Waals surface area contributed by atoms with Crippen molar-refractivity contribution in [2.24, 2.45) is 0 Å². The van der Waals surface area contributed by atoms with Gasteiger partial charge in [0.2, 0.25) is 15.9 Å². The van der Waals surface area contributed by atoms with Crippen LogP contribution < -0.4 is 5.32 Å². The predicted octanol–water partition coefficient (Wildman–Crippen LogP) is 3.10. The van der Waals surface area contributed by atoms with E-state index >= 15 is 0 Å². The molecule has 0 bridgehead atoms. The highest BCUT2D eigenvalue weighted by Crippen LogP contribution is 2.28. The van der Waals surface area contributed by atoms with Crippen molar-refractivity contribution in [3.8, 4) is 0 Å². The molecule has 10 heteroatoms. The second-order valence-electron chi connectivity index (χ2n) is 9.86. The molecule has 0 spiro atoms. The highest BCUT2D eigenvalue weighted by molar-refractivity contribution is 7.89. The number of nitrogens with one attached hydrogen (secondary N) is 1. The molecular formula is C27H35N5O4S. The molecule has 2 heterocycles. The minimum absolute atomic E-state index is 0.118. The topological polar surface area (TPSA) is 86.5 Å². The first-order chi connectivity index (χ1) is 17.7. The number of carbonyl (C=O) groups excluding carboxylic acids is 1. The predicted molar refractivity (Wildman–Crippen MR) is 143 cm³/mol. The smallest absolute Gasteiger partial charge is 0.242 e. The molecule has 2 fully saturated rings. The van der Waals surface area contributed by atoms with Gasteiger partial charge in [-0.1, -0.05) is 24.3 Å². The maximum absolute atomic E-state index is 13.4. The summed E-state index contributed by atoms with van der Waals surface area (Å²) in [4.78, 5) is 20.8. The molecule has 2 atom stereocenters. The fourth-order valence-corrected chi connectivity index (χ4v) is 7.08. The normalized spacial score (nSPS) is 21.9. The first-order valence-electron chi connectivity index (χ1n) is 12.6. The van der Waals surface area contributed by atoms with Crippen LogP contribution in [0.25, 0.3) is 4.85 Å². The third kappa shape index (κ3) is 6.37. The molecule has 198 valence electrons. The molecule has 1 N–H and O–H groups in total. The summed E-state index contributed by atoms with van der Waals surface area (Å²) in [5.74, 6) is -0.118. The number of carbonyl (C=O) groups is 1. The lowest BCUT2D eigenvalue weighted by molar-refractivity contribution is -0.118. The van der Waals surface area contributed by atoms with Gasteiger partial charge in [-0.15, -0.1) is 0 Å². The van der Waals surface area contributed by atoms with E-state index in [1.165, 1.54) is 22.0 Å². The summed E-state index contributed by atoms with van der Waals surface area (Å²) in [5.41, 5.74) is 3.34. The Kier molecular flexibility index (Phi) is 8.62. The van der Waals surface area contributed by atoms with Crippen LogP contribution in [0.3, 0.4) is 0 Å². The van der Waals surface area contributed by atoms with E-state index in [1.807, 2.05) is 37.8 Å².